The summed E-state index contributed by atoms with van der Waals surface area (Å²) in [4.78, 5) is 5.79. The van der Waals surface area contributed by atoms with E-state index in [9.17, 15) is 8.42 Å². The van der Waals surface area contributed by atoms with Crippen molar-refractivity contribution >= 4 is 32.9 Å². The van der Waals surface area contributed by atoms with Gasteiger partial charge in [0.15, 0.2) is 0 Å². The normalized spacial score (nSPS) is 19.0. The smallest absolute Gasteiger partial charge is 0.240 e. The van der Waals surface area contributed by atoms with E-state index in [1.54, 1.807) is 30.1 Å². The third kappa shape index (κ3) is 3.10. The van der Waals surface area contributed by atoms with Crippen LogP contribution in [-0.2, 0) is 10.0 Å². The van der Waals surface area contributed by atoms with Crippen molar-refractivity contribution in [1.29, 1.82) is 0 Å². The lowest BCUT2D eigenvalue weighted by atomic mass is 9.66. The second kappa shape index (κ2) is 6.51. The molecule has 1 aromatic carbocycles. The van der Waals surface area contributed by atoms with Crippen molar-refractivity contribution in [3.63, 3.8) is 0 Å². The summed E-state index contributed by atoms with van der Waals surface area (Å²) in [6, 6.07) is 11.7. The number of sulfonamides is 1. The Balaban J connectivity index is 1.87. The van der Waals surface area contributed by atoms with Gasteiger partial charge in [-0.1, -0.05) is 18.6 Å². The molecular formula is C20H22N2O2S2. The Kier molecular flexibility index (Phi) is 4.45. The minimum atomic E-state index is -3.81. The maximum atomic E-state index is 12.1. The lowest BCUT2D eigenvalue weighted by Crippen LogP contribution is -2.26. The summed E-state index contributed by atoms with van der Waals surface area (Å²) in [6.07, 6.45) is 9.22. The summed E-state index contributed by atoms with van der Waals surface area (Å²) >= 11 is 1.71. The van der Waals surface area contributed by atoms with Crippen LogP contribution in [0.15, 0.2) is 52.4 Å². The van der Waals surface area contributed by atoms with Crippen molar-refractivity contribution in [2.24, 2.45) is 10.6 Å². The molecule has 0 atom stereocenters. The highest BCUT2D eigenvalue weighted by Gasteiger charge is 2.44. The molecule has 0 radical (unpaired) electrons. The van der Waals surface area contributed by atoms with E-state index in [2.05, 4.69) is 35.5 Å². The Morgan fingerprint density at radius 1 is 1.08 bits per heavy atom. The maximum absolute atomic E-state index is 12.1. The van der Waals surface area contributed by atoms with Gasteiger partial charge in [-0.15, -0.1) is 11.8 Å². The molecule has 136 valence electrons. The molecule has 1 aromatic heterocycles. The number of hydrogen-bond donors (Lipinski definition) is 1. The topological polar surface area (TPSA) is 73.0 Å². The van der Waals surface area contributed by atoms with Gasteiger partial charge in [0, 0.05) is 11.1 Å². The van der Waals surface area contributed by atoms with Gasteiger partial charge in [-0.2, -0.15) is 0 Å². The number of benzene rings is 1. The van der Waals surface area contributed by atoms with Gasteiger partial charge in [0.2, 0.25) is 10.0 Å². The summed E-state index contributed by atoms with van der Waals surface area (Å²) < 4.78 is 24.2. The summed E-state index contributed by atoms with van der Waals surface area (Å²) in [5, 5.41) is 5.47. The van der Waals surface area contributed by atoms with E-state index in [1.807, 2.05) is 0 Å². The van der Waals surface area contributed by atoms with Crippen molar-refractivity contribution in [3.05, 3.63) is 53.9 Å². The van der Waals surface area contributed by atoms with E-state index in [4.69, 9.17) is 5.14 Å². The maximum Gasteiger partial charge on any atom is 0.240 e. The molecule has 0 aliphatic heterocycles. The summed E-state index contributed by atoms with van der Waals surface area (Å²) in [7, 11) is -3.81. The summed E-state index contributed by atoms with van der Waals surface area (Å²) in [5.41, 5.74) is 4.23. The molecule has 0 amide bonds. The Morgan fingerprint density at radius 2 is 1.77 bits per heavy atom. The van der Waals surface area contributed by atoms with Crippen molar-refractivity contribution in [2.45, 2.75) is 41.9 Å². The number of aromatic nitrogens is 1. The van der Waals surface area contributed by atoms with Crippen LogP contribution in [0.1, 0.15) is 43.4 Å². The molecule has 0 bridgehead atoms. The quantitative estimate of drug-likeness (QED) is 0.794. The van der Waals surface area contributed by atoms with Crippen LogP contribution in [-0.4, -0.2) is 19.7 Å². The molecule has 0 unspecified atom stereocenters. The Morgan fingerprint density at radius 3 is 2.35 bits per heavy atom. The van der Waals surface area contributed by atoms with Crippen molar-refractivity contribution in [1.82, 2.24) is 4.98 Å². The highest BCUT2D eigenvalue weighted by Crippen LogP contribution is 2.59. The Hall–Kier alpha value is -1.63. The molecule has 2 aliphatic rings. The zero-order chi connectivity index (χ0) is 18.4. The number of thioether (sulfide) groups is 1. The second-order valence-electron chi connectivity index (χ2n) is 7.29. The SMILES string of the molecule is CSc1ccc(C2=C(c3ncccc3S(N)(=O)=O)CC3(CCC3)C2)cc1. The van der Waals surface area contributed by atoms with Crippen molar-refractivity contribution in [3.8, 4) is 0 Å². The Bertz CT molecular complexity index is 975. The van der Waals surface area contributed by atoms with E-state index in [-0.39, 0.29) is 10.3 Å². The van der Waals surface area contributed by atoms with Crippen LogP contribution in [0.3, 0.4) is 0 Å². The Labute approximate surface area is 159 Å². The average Bonchev–Trinajstić information content (AvgIpc) is 3.02. The van der Waals surface area contributed by atoms with Gasteiger partial charge >= 0.3 is 0 Å². The first-order chi connectivity index (χ1) is 12.4. The molecule has 1 heterocycles. The van der Waals surface area contributed by atoms with Gasteiger partial charge in [0.05, 0.1) is 5.69 Å². The molecule has 2 aromatic rings. The standard InChI is InChI=1S/C20H22N2O2S2/c1-25-15-7-5-14(6-8-15)16-12-20(9-3-10-20)13-17(16)19-18(26(21,23)24)4-2-11-22-19/h2,4-8,11H,3,9-10,12-13H2,1H3,(H2,21,23,24). The fourth-order valence-corrected chi connectivity index (χ4v) is 5.32. The first kappa shape index (κ1) is 17.8. The fourth-order valence-electron chi connectivity index (χ4n) is 4.20. The minimum Gasteiger partial charge on any atom is -0.255 e. The van der Waals surface area contributed by atoms with E-state index in [0.717, 1.165) is 24.0 Å². The number of hydrogen-bond acceptors (Lipinski definition) is 4. The number of primary sulfonamides is 1. The highest BCUT2D eigenvalue weighted by atomic mass is 32.2. The highest BCUT2D eigenvalue weighted by molar-refractivity contribution is 7.98. The molecule has 26 heavy (non-hydrogen) atoms. The van der Waals surface area contributed by atoms with Crippen LogP contribution in [0.4, 0.5) is 0 Å². The van der Waals surface area contributed by atoms with Crippen LogP contribution in [0.2, 0.25) is 0 Å². The van der Waals surface area contributed by atoms with E-state index >= 15 is 0 Å². The van der Waals surface area contributed by atoms with Gasteiger partial charge < -0.3 is 0 Å². The van der Waals surface area contributed by atoms with E-state index in [1.165, 1.54) is 29.7 Å². The number of allylic oxidation sites excluding steroid dienone is 2. The molecule has 6 heteroatoms. The number of pyridine rings is 1. The lowest BCUT2D eigenvalue weighted by molar-refractivity contribution is 0.157. The van der Waals surface area contributed by atoms with E-state index in [0.29, 0.717) is 5.69 Å². The zero-order valence-electron chi connectivity index (χ0n) is 14.7. The first-order valence-corrected chi connectivity index (χ1v) is 11.5. The lowest BCUT2D eigenvalue weighted by Gasteiger charge is -2.39. The predicted molar refractivity (Wildman–Crippen MR) is 106 cm³/mol. The van der Waals surface area contributed by atoms with Gasteiger partial charge in [-0.05, 0) is 78.3 Å². The predicted octanol–water partition coefficient (Wildman–Crippen LogP) is 4.33. The molecular weight excluding hydrogens is 364 g/mol. The monoisotopic (exact) mass is 386 g/mol. The number of nitrogens with zero attached hydrogens (tertiary/aromatic N) is 1. The number of rotatable bonds is 4. The van der Waals surface area contributed by atoms with Gasteiger partial charge in [0.25, 0.3) is 0 Å². The molecule has 1 fully saturated rings. The summed E-state index contributed by atoms with van der Waals surface area (Å²) in [6.45, 7) is 0. The van der Waals surface area contributed by atoms with Gasteiger partial charge in [0.1, 0.15) is 4.90 Å². The first-order valence-electron chi connectivity index (χ1n) is 8.77. The summed E-state index contributed by atoms with van der Waals surface area (Å²) in [5.74, 6) is 0. The molecule has 2 N–H and O–H groups in total. The fraction of sp³-hybridized carbons (Fsp3) is 0.350. The molecule has 2 aliphatic carbocycles. The molecule has 4 nitrogen and oxygen atoms in total. The molecule has 1 saturated carbocycles. The van der Waals surface area contributed by atoms with Crippen molar-refractivity contribution in [2.75, 3.05) is 6.26 Å². The van der Waals surface area contributed by atoms with Crippen LogP contribution >= 0.6 is 11.8 Å². The largest absolute Gasteiger partial charge is 0.255 e. The third-order valence-corrected chi connectivity index (χ3v) is 7.37. The van der Waals surface area contributed by atoms with Gasteiger partial charge in [-0.25, -0.2) is 13.6 Å². The molecule has 4 rings (SSSR count). The van der Waals surface area contributed by atoms with Crippen LogP contribution in [0.5, 0.6) is 0 Å². The third-order valence-electron chi connectivity index (χ3n) is 5.68. The van der Waals surface area contributed by atoms with Gasteiger partial charge in [-0.3, -0.25) is 4.98 Å². The van der Waals surface area contributed by atoms with E-state index < -0.39 is 10.0 Å². The average molecular weight is 387 g/mol. The number of nitrogens with two attached hydrogens (primary N) is 1. The molecule has 1 spiro atoms. The van der Waals surface area contributed by atoms with Crippen molar-refractivity contribution < 1.29 is 8.42 Å². The minimum absolute atomic E-state index is 0.129. The van der Waals surface area contributed by atoms with Crippen LogP contribution in [0, 0.1) is 5.41 Å². The second-order valence-corrected chi connectivity index (χ2v) is 9.70. The van der Waals surface area contributed by atoms with Crippen LogP contribution in [0.25, 0.3) is 11.1 Å². The zero-order valence-corrected chi connectivity index (χ0v) is 16.4. The molecule has 0 saturated heterocycles. The van der Waals surface area contributed by atoms with Crippen LogP contribution < -0.4 is 5.14 Å².